The summed E-state index contributed by atoms with van der Waals surface area (Å²) in [6.45, 7) is 3.54. The minimum Gasteiger partial charge on any atom is -0.394 e. The number of aliphatic hydroxyl groups is 1. The predicted molar refractivity (Wildman–Crippen MR) is 92.8 cm³/mol. The van der Waals surface area contributed by atoms with Crippen molar-refractivity contribution in [3.63, 3.8) is 0 Å². The van der Waals surface area contributed by atoms with E-state index in [2.05, 4.69) is 15.3 Å². The van der Waals surface area contributed by atoms with Crippen molar-refractivity contribution in [1.29, 1.82) is 0 Å². The Bertz CT molecular complexity index is 702. The number of benzene rings is 1. The molecular formula is C18H22N4O2. The van der Waals surface area contributed by atoms with E-state index < -0.39 is 0 Å². The molecule has 0 unspecified atom stereocenters. The van der Waals surface area contributed by atoms with Crippen LogP contribution in [-0.2, 0) is 0 Å². The zero-order chi connectivity index (χ0) is 16.9. The molecule has 1 aromatic heterocycles. The highest BCUT2D eigenvalue weighted by Gasteiger charge is 2.28. The van der Waals surface area contributed by atoms with Gasteiger partial charge in [0, 0.05) is 30.4 Å². The number of amides is 1. The maximum Gasteiger partial charge on any atom is 0.254 e. The van der Waals surface area contributed by atoms with Gasteiger partial charge in [0.15, 0.2) is 5.82 Å². The third kappa shape index (κ3) is 3.38. The Hall–Kier alpha value is -2.47. The Morgan fingerprint density at radius 1 is 1.33 bits per heavy atom. The summed E-state index contributed by atoms with van der Waals surface area (Å²) in [5.74, 6) is 1.38. The molecule has 0 aliphatic carbocycles. The lowest BCUT2D eigenvalue weighted by molar-refractivity contribution is 0.0677. The maximum absolute atomic E-state index is 12.6. The number of hydrogen-bond acceptors (Lipinski definition) is 5. The van der Waals surface area contributed by atoms with Gasteiger partial charge in [0.2, 0.25) is 0 Å². The Morgan fingerprint density at radius 3 is 2.83 bits per heavy atom. The van der Waals surface area contributed by atoms with Crippen LogP contribution in [0.1, 0.15) is 30.1 Å². The monoisotopic (exact) mass is 326 g/mol. The molecular weight excluding hydrogens is 304 g/mol. The molecule has 1 aliphatic heterocycles. The lowest BCUT2D eigenvalue weighted by Gasteiger charge is -2.23. The van der Waals surface area contributed by atoms with Crippen LogP contribution in [0.5, 0.6) is 0 Å². The minimum absolute atomic E-state index is 0.0227. The van der Waals surface area contributed by atoms with Crippen molar-refractivity contribution in [3.05, 3.63) is 42.1 Å². The van der Waals surface area contributed by atoms with Crippen LogP contribution in [0.2, 0.25) is 0 Å². The van der Waals surface area contributed by atoms with Gasteiger partial charge in [-0.3, -0.25) is 4.79 Å². The molecule has 6 nitrogen and oxygen atoms in total. The molecule has 1 amide bonds. The average Bonchev–Trinajstić information content (AvgIpc) is 3.10. The number of hydrogen-bond donors (Lipinski definition) is 2. The molecule has 6 heteroatoms. The second-order valence-corrected chi connectivity index (χ2v) is 5.85. The molecule has 2 heterocycles. The molecule has 1 saturated heterocycles. The third-order valence-corrected chi connectivity index (χ3v) is 4.25. The van der Waals surface area contributed by atoms with E-state index in [-0.39, 0.29) is 18.6 Å². The number of nitrogens with zero attached hydrogens (tertiary/aromatic N) is 3. The molecule has 1 aromatic carbocycles. The van der Waals surface area contributed by atoms with E-state index in [1.54, 1.807) is 23.2 Å². The molecule has 3 rings (SSSR count). The van der Waals surface area contributed by atoms with E-state index in [0.29, 0.717) is 17.9 Å². The quantitative estimate of drug-likeness (QED) is 0.880. The molecule has 2 aromatic rings. The van der Waals surface area contributed by atoms with Gasteiger partial charge in [-0.15, -0.1) is 0 Å². The van der Waals surface area contributed by atoms with Crippen LogP contribution in [0, 0.1) is 0 Å². The van der Waals surface area contributed by atoms with Crippen LogP contribution in [-0.4, -0.2) is 51.6 Å². The lowest BCUT2D eigenvalue weighted by Crippen LogP contribution is -2.37. The SMILES string of the molecule is CCNc1ccnc(-c2ccc(C(=O)N3CCC[C@H]3CO)cc2)n1. The standard InChI is InChI=1S/C18H22N4O2/c1-2-19-16-9-10-20-17(21-16)13-5-7-14(8-6-13)18(24)22-11-3-4-15(22)12-23/h5-10,15,23H,2-4,11-12H2,1H3,(H,19,20,21)/t15-/m0/s1. The summed E-state index contributed by atoms with van der Waals surface area (Å²) in [6.07, 6.45) is 3.53. The van der Waals surface area contributed by atoms with Gasteiger partial charge in [-0.2, -0.15) is 0 Å². The second kappa shape index (κ2) is 7.40. The molecule has 0 radical (unpaired) electrons. The van der Waals surface area contributed by atoms with Gasteiger partial charge in [0.1, 0.15) is 5.82 Å². The Kier molecular flexibility index (Phi) is 5.05. The summed E-state index contributed by atoms with van der Waals surface area (Å²) in [7, 11) is 0. The van der Waals surface area contributed by atoms with Crippen LogP contribution in [0.3, 0.4) is 0 Å². The van der Waals surface area contributed by atoms with E-state index in [0.717, 1.165) is 30.8 Å². The smallest absolute Gasteiger partial charge is 0.254 e. The Morgan fingerprint density at radius 2 is 2.12 bits per heavy atom. The van der Waals surface area contributed by atoms with Crippen LogP contribution < -0.4 is 5.32 Å². The molecule has 126 valence electrons. The largest absolute Gasteiger partial charge is 0.394 e. The normalized spacial score (nSPS) is 17.1. The van der Waals surface area contributed by atoms with E-state index in [4.69, 9.17) is 0 Å². The fourth-order valence-electron chi connectivity index (χ4n) is 3.00. The number of likely N-dealkylation sites (tertiary alicyclic amines) is 1. The third-order valence-electron chi connectivity index (χ3n) is 4.25. The summed E-state index contributed by atoms with van der Waals surface area (Å²) in [6, 6.07) is 9.09. The van der Waals surface area contributed by atoms with Crippen molar-refractivity contribution in [3.8, 4) is 11.4 Å². The molecule has 0 bridgehead atoms. The first-order valence-corrected chi connectivity index (χ1v) is 8.32. The predicted octanol–water partition coefficient (Wildman–Crippen LogP) is 2.17. The average molecular weight is 326 g/mol. The molecule has 0 saturated carbocycles. The second-order valence-electron chi connectivity index (χ2n) is 5.85. The van der Waals surface area contributed by atoms with Crippen molar-refractivity contribution in [1.82, 2.24) is 14.9 Å². The van der Waals surface area contributed by atoms with E-state index in [1.165, 1.54) is 0 Å². The number of aliphatic hydroxyl groups excluding tert-OH is 1. The van der Waals surface area contributed by atoms with Crippen molar-refractivity contribution >= 4 is 11.7 Å². The van der Waals surface area contributed by atoms with Crippen molar-refractivity contribution in [2.24, 2.45) is 0 Å². The number of anilines is 1. The number of carbonyl (C=O) groups is 1. The van der Waals surface area contributed by atoms with Crippen LogP contribution in [0.4, 0.5) is 5.82 Å². The molecule has 24 heavy (non-hydrogen) atoms. The summed E-state index contributed by atoms with van der Waals surface area (Å²) in [5.41, 5.74) is 1.49. The lowest BCUT2D eigenvalue weighted by atomic mass is 10.1. The zero-order valence-electron chi connectivity index (χ0n) is 13.8. The molecule has 1 fully saturated rings. The van der Waals surface area contributed by atoms with Gasteiger partial charge >= 0.3 is 0 Å². The van der Waals surface area contributed by atoms with Gasteiger partial charge in [-0.25, -0.2) is 9.97 Å². The minimum atomic E-state index is -0.0580. The fraction of sp³-hybridized carbons (Fsp3) is 0.389. The van der Waals surface area contributed by atoms with E-state index in [9.17, 15) is 9.90 Å². The first-order chi connectivity index (χ1) is 11.7. The highest BCUT2D eigenvalue weighted by molar-refractivity contribution is 5.95. The topological polar surface area (TPSA) is 78.4 Å². The number of rotatable bonds is 5. The fourth-order valence-corrected chi connectivity index (χ4v) is 3.00. The van der Waals surface area contributed by atoms with E-state index >= 15 is 0 Å². The molecule has 1 atom stereocenters. The van der Waals surface area contributed by atoms with Crippen molar-refractivity contribution in [2.75, 3.05) is 25.0 Å². The summed E-state index contributed by atoms with van der Waals surface area (Å²) < 4.78 is 0. The van der Waals surface area contributed by atoms with Gasteiger partial charge < -0.3 is 15.3 Å². The molecule has 1 aliphatic rings. The zero-order valence-corrected chi connectivity index (χ0v) is 13.8. The summed E-state index contributed by atoms with van der Waals surface area (Å²) in [4.78, 5) is 23.1. The van der Waals surface area contributed by atoms with E-state index in [1.807, 2.05) is 25.1 Å². The first-order valence-electron chi connectivity index (χ1n) is 8.32. The highest BCUT2D eigenvalue weighted by Crippen LogP contribution is 2.22. The van der Waals surface area contributed by atoms with Gasteiger partial charge in [0.25, 0.3) is 5.91 Å². The van der Waals surface area contributed by atoms with Crippen molar-refractivity contribution in [2.45, 2.75) is 25.8 Å². The maximum atomic E-state index is 12.6. The number of nitrogens with one attached hydrogen (secondary N) is 1. The van der Waals surface area contributed by atoms with Gasteiger partial charge in [0.05, 0.1) is 12.6 Å². The number of aromatic nitrogens is 2. The summed E-state index contributed by atoms with van der Waals surface area (Å²) in [5, 5.41) is 12.5. The van der Waals surface area contributed by atoms with Crippen LogP contribution in [0.25, 0.3) is 11.4 Å². The van der Waals surface area contributed by atoms with Crippen LogP contribution in [0.15, 0.2) is 36.5 Å². The summed E-state index contributed by atoms with van der Waals surface area (Å²) >= 11 is 0. The molecule has 2 N–H and O–H groups in total. The molecule has 0 spiro atoms. The highest BCUT2D eigenvalue weighted by atomic mass is 16.3. The Labute approximate surface area is 141 Å². The van der Waals surface area contributed by atoms with Gasteiger partial charge in [-0.1, -0.05) is 12.1 Å². The van der Waals surface area contributed by atoms with Gasteiger partial charge in [-0.05, 0) is 38.0 Å². The van der Waals surface area contributed by atoms with Crippen LogP contribution >= 0.6 is 0 Å². The van der Waals surface area contributed by atoms with Crippen molar-refractivity contribution < 1.29 is 9.90 Å². The first kappa shape index (κ1) is 16.4. The number of carbonyl (C=O) groups excluding carboxylic acids is 1. The Balaban J connectivity index is 1.78.